The fraction of sp³-hybridized carbons (Fsp3) is 0.750. The van der Waals surface area contributed by atoms with Gasteiger partial charge in [-0.1, -0.05) is 25.4 Å². The van der Waals surface area contributed by atoms with Gasteiger partial charge in [-0.05, 0) is 31.6 Å². The number of aliphatic hydroxyl groups is 1. The first kappa shape index (κ1) is 16.8. The van der Waals surface area contributed by atoms with Crippen molar-refractivity contribution in [3.05, 3.63) is 17.0 Å². The summed E-state index contributed by atoms with van der Waals surface area (Å²) in [4.78, 5) is 11.9. The summed E-state index contributed by atoms with van der Waals surface area (Å²) in [6, 6.07) is -0.176. The molecule has 0 aliphatic heterocycles. The van der Waals surface area contributed by atoms with E-state index in [1.165, 1.54) is 0 Å². The van der Waals surface area contributed by atoms with Crippen molar-refractivity contribution >= 4 is 6.03 Å². The molecule has 6 nitrogen and oxygen atoms in total. The second-order valence-corrected chi connectivity index (χ2v) is 5.99. The van der Waals surface area contributed by atoms with Gasteiger partial charge in [0, 0.05) is 25.1 Å². The lowest BCUT2D eigenvalue weighted by Gasteiger charge is -2.25. The minimum absolute atomic E-state index is 0.176. The summed E-state index contributed by atoms with van der Waals surface area (Å²) >= 11 is 0. The van der Waals surface area contributed by atoms with Gasteiger partial charge in [0.05, 0.1) is 11.8 Å². The monoisotopic (exact) mass is 309 g/mol. The Bertz CT molecular complexity index is 465. The van der Waals surface area contributed by atoms with Gasteiger partial charge in [0.2, 0.25) is 0 Å². The largest absolute Gasteiger partial charge is 0.393 e. The number of urea groups is 1. The van der Waals surface area contributed by atoms with Crippen molar-refractivity contribution < 1.29 is 14.4 Å². The number of rotatable bonds is 6. The number of carbonyl (C=O) groups is 1. The Balaban J connectivity index is 1.77. The van der Waals surface area contributed by atoms with Crippen LogP contribution in [0.25, 0.3) is 0 Å². The summed E-state index contributed by atoms with van der Waals surface area (Å²) in [6.45, 7) is 5.09. The van der Waals surface area contributed by atoms with E-state index in [1.54, 1.807) is 0 Å². The number of aryl methyl sites for hydroxylation is 2. The molecule has 2 rings (SSSR count). The number of hydrogen-bond acceptors (Lipinski definition) is 4. The third-order valence-electron chi connectivity index (χ3n) is 4.34. The van der Waals surface area contributed by atoms with Crippen LogP contribution < -0.4 is 10.6 Å². The van der Waals surface area contributed by atoms with Gasteiger partial charge < -0.3 is 20.3 Å². The van der Waals surface area contributed by atoms with Gasteiger partial charge in [0.15, 0.2) is 0 Å². The van der Waals surface area contributed by atoms with Gasteiger partial charge in [-0.15, -0.1) is 0 Å². The number of hydrogen-bond donors (Lipinski definition) is 3. The van der Waals surface area contributed by atoms with Gasteiger partial charge in [-0.2, -0.15) is 0 Å². The van der Waals surface area contributed by atoms with E-state index >= 15 is 0 Å². The summed E-state index contributed by atoms with van der Waals surface area (Å²) in [5.74, 6) is 1.22. The van der Waals surface area contributed by atoms with Crippen molar-refractivity contribution in [1.82, 2.24) is 15.8 Å². The molecule has 1 heterocycles. The van der Waals surface area contributed by atoms with Crippen LogP contribution in [0.2, 0.25) is 0 Å². The fourth-order valence-electron chi connectivity index (χ4n) is 3.05. The summed E-state index contributed by atoms with van der Waals surface area (Å²) < 4.78 is 5.29. The molecule has 3 N–H and O–H groups in total. The van der Waals surface area contributed by atoms with Gasteiger partial charge in [-0.3, -0.25) is 0 Å². The van der Waals surface area contributed by atoms with E-state index in [1.807, 2.05) is 13.8 Å². The normalized spacial score (nSPS) is 21.6. The minimum atomic E-state index is -0.208. The van der Waals surface area contributed by atoms with Crippen LogP contribution in [0, 0.1) is 5.92 Å². The van der Waals surface area contributed by atoms with Crippen LogP contribution in [0.5, 0.6) is 0 Å². The number of carbonyl (C=O) groups excluding carboxylic acids is 1. The van der Waals surface area contributed by atoms with Crippen molar-refractivity contribution in [1.29, 1.82) is 0 Å². The van der Waals surface area contributed by atoms with Crippen LogP contribution in [-0.4, -0.2) is 28.9 Å². The molecule has 1 aliphatic carbocycles. The highest BCUT2D eigenvalue weighted by molar-refractivity contribution is 5.73. The highest BCUT2D eigenvalue weighted by Crippen LogP contribution is 2.23. The van der Waals surface area contributed by atoms with Crippen molar-refractivity contribution in [3.63, 3.8) is 0 Å². The minimum Gasteiger partial charge on any atom is -0.393 e. The number of nitrogens with zero attached hydrogens (tertiary/aromatic N) is 1. The highest BCUT2D eigenvalue weighted by Gasteiger charge is 2.20. The molecule has 1 fully saturated rings. The van der Waals surface area contributed by atoms with Gasteiger partial charge in [0.1, 0.15) is 5.76 Å². The third-order valence-corrected chi connectivity index (χ3v) is 4.34. The molecule has 2 amide bonds. The van der Waals surface area contributed by atoms with E-state index in [0.717, 1.165) is 55.5 Å². The van der Waals surface area contributed by atoms with Gasteiger partial charge in [-0.25, -0.2) is 4.79 Å². The van der Waals surface area contributed by atoms with E-state index < -0.39 is 0 Å². The van der Waals surface area contributed by atoms with E-state index in [2.05, 4.69) is 15.8 Å². The Morgan fingerprint density at radius 2 is 2.14 bits per heavy atom. The standard InChI is InChI=1S/C16H27N3O3/c1-3-14-13(15(4-2)22-19-14)10-18-16(21)17-9-11-6-5-7-12(20)8-11/h11-12,20H,3-10H2,1-2H3,(H2,17,18,21). The highest BCUT2D eigenvalue weighted by atomic mass is 16.5. The molecule has 1 aliphatic rings. The number of aromatic nitrogens is 1. The first-order chi connectivity index (χ1) is 10.6. The topological polar surface area (TPSA) is 87.4 Å². The van der Waals surface area contributed by atoms with Crippen molar-refractivity contribution in [3.8, 4) is 0 Å². The van der Waals surface area contributed by atoms with E-state index in [4.69, 9.17) is 4.52 Å². The molecule has 2 atom stereocenters. The fourth-order valence-corrected chi connectivity index (χ4v) is 3.05. The van der Waals surface area contributed by atoms with Crippen LogP contribution in [0.1, 0.15) is 56.5 Å². The average Bonchev–Trinajstić information content (AvgIpc) is 2.93. The summed E-state index contributed by atoms with van der Waals surface area (Å²) in [6.07, 6.45) is 5.13. The van der Waals surface area contributed by atoms with Crippen molar-refractivity contribution in [2.24, 2.45) is 5.92 Å². The van der Waals surface area contributed by atoms with Crippen molar-refractivity contribution in [2.45, 2.75) is 65.0 Å². The zero-order valence-electron chi connectivity index (χ0n) is 13.5. The quantitative estimate of drug-likeness (QED) is 0.751. The first-order valence-electron chi connectivity index (χ1n) is 8.30. The van der Waals surface area contributed by atoms with E-state index in [-0.39, 0.29) is 12.1 Å². The van der Waals surface area contributed by atoms with Crippen LogP contribution in [0.3, 0.4) is 0 Å². The predicted molar refractivity (Wildman–Crippen MR) is 83.5 cm³/mol. The molecule has 2 unspecified atom stereocenters. The Morgan fingerprint density at radius 1 is 1.32 bits per heavy atom. The SMILES string of the molecule is CCc1noc(CC)c1CNC(=O)NCC1CCCC(O)C1. The Morgan fingerprint density at radius 3 is 2.82 bits per heavy atom. The second-order valence-electron chi connectivity index (χ2n) is 5.99. The summed E-state index contributed by atoms with van der Waals surface area (Å²) in [5, 5.41) is 19.5. The Kier molecular flexibility index (Phi) is 6.24. The molecule has 6 heteroatoms. The number of aliphatic hydroxyl groups excluding tert-OH is 1. The molecule has 1 aromatic rings. The van der Waals surface area contributed by atoms with Crippen LogP contribution in [0.15, 0.2) is 4.52 Å². The molecule has 1 saturated carbocycles. The number of nitrogens with one attached hydrogen (secondary N) is 2. The molecule has 22 heavy (non-hydrogen) atoms. The zero-order valence-corrected chi connectivity index (χ0v) is 13.5. The van der Waals surface area contributed by atoms with Crippen LogP contribution >= 0.6 is 0 Å². The van der Waals surface area contributed by atoms with E-state index in [0.29, 0.717) is 19.0 Å². The predicted octanol–water partition coefficient (Wildman–Crippen LogP) is 2.15. The molecule has 0 saturated heterocycles. The summed E-state index contributed by atoms with van der Waals surface area (Å²) in [7, 11) is 0. The van der Waals surface area contributed by atoms with E-state index in [9.17, 15) is 9.90 Å². The van der Waals surface area contributed by atoms with Crippen LogP contribution in [-0.2, 0) is 19.4 Å². The molecule has 124 valence electrons. The molecular formula is C16H27N3O3. The van der Waals surface area contributed by atoms with Crippen LogP contribution in [0.4, 0.5) is 4.79 Å². The summed E-state index contributed by atoms with van der Waals surface area (Å²) in [5.41, 5.74) is 1.90. The smallest absolute Gasteiger partial charge is 0.315 e. The molecular weight excluding hydrogens is 282 g/mol. The number of amides is 2. The first-order valence-corrected chi connectivity index (χ1v) is 8.30. The average molecular weight is 309 g/mol. The second kappa shape index (κ2) is 8.17. The van der Waals surface area contributed by atoms with Gasteiger partial charge in [0.25, 0.3) is 0 Å². The lowest BCUT2D eigenvalue weighted by Crippen LogP contribution is -2.39. The molecule has 0 radical (unpaired) electrons. The van der Waals surface area contributed by atoms with Crippen molar-refractivity contribution in [2.75, 3.05) is 6.54 Å². The third kappa shape index (κ3) is 4.47. The molecule has 0 bridgehead atoms. The maximum Gasteiger partial charge on any atom is 0.315 e. The lowest BCUT2D eigenvalue weighted by molar-refractivity contribution is 0.101. The lowest BCUT2D eigenvalue weighted by atomic mass is 9.87. The zero-order chi connectivity index (χ0) is 15.9. The van der Waals surface area contributed by atoms with Gasteiger partial charge >= 0.3 is 6.03 Å². The maximum absolute atomic E-state index is 11.9. The Hall–Kier alpha value is -1.56. The molecule has 0 aromatic carbocycles. The maximum atomic E-state index is 11.9. The molecule has 0 spiro atoms. The molecule has 1 aromatic heterocycles. The Labute approximate surface area is 131 Å².